The summed E-state index contributed by atoms with van der Waals surface area (Å²) in [6.07, 6.45) is 3.39. The highest BCUT2D eigenvalue weighted by Crippen LogP contribution is 2.25. The van der Waals surface area contributed by atoms with Gasteiger partial charge in [-0.2, -0.15) is 5.10 Å². The zero-order valence-electron chi connectivity index (χ0n) is 7.57. The average Bonchev–Trinajstić information content (AvgIpc) is 2.84. The fraction of sp³-hybridized carbons (Fsp3) is 0. The minimum Gasteiger partial charge on any atom is -0.436 e. The van der Waals surface area contributed by atoms with Crippen LogP contribution in [0.2, 0.25) is 5.02 Å². The molecule has 3 aromatic rings. The molecule has 0 saturated heterocycles. The molecule has 0 unspecified atom stereocenters. The number of benzene rings is 1. The first-order valence-corrected chi connectivity index (χ1v) is 4.76. The molecule has 15 heavy (non-hydrogen) atoms. The number of hydrogen-bond donors (Lipinski definition) is 1. The van der Waals surface area contributed by atoms with Crippen LogP contribution in [0.1, 0.15) is 0 Å². The van der Waals surface area contributed by atoms with Gasteiger partial charge in [0.1, 0.15) is 5.52 Å². The van der Waals surface area contributed by atoms with Gasteiger partial charge in [-0.05, 0) is 12.1 Å². The van der Waals surface area contributed by atoms with E-state index in [0.29, 0.717) is 16.5 Å². The lowest BCUT2D eigenvalue weighted by Gasteiger charge is -1.86. The number of aromatic nitrogens is 3. The standard InChI is InChI=1S/C10H6ClN3O/c11-7-1-2-8-9(3-7)15-10(14-8)6-4-12-13-5-6/h1-5H,(H,12,13). The minimum absolute atomic E-state index is 0.543. The maximum atomic E-state index is 5.85. The highest BCUT2D eigenvalue weighted by atomic mass is 35.5. The largest absolute Gasteiger partial charge is 0.436 e. The molecule has 5 heteroatoms. The van der Waals surface area contributed by atoms with E-state index in [9.17, 15) is 0 Å². The molecule has 0 spiro atoms. The van der Waals surface area contributed by atoms with E-state index in [0.717, 1.165) is 11.1 Å². The molecule has 74 valence electrons. The fourth-order valence-corrected chi connectivity index (χ4v) is 1.55. The lowest BCUT2D eigenvalue weighted by atomic mass is 10.3. The van der Waals surface area contributed by atoms with Crippen molar-refractivity contribution < 1.29 is 4.42 Å². The van der Waals surface area contributed by atoms with Crippen LogP contribution in [0.4, 0.5) is 0 Å². The van der Waals surface area contributed by atoms with Crippen LogP contribution in [0, 0.1) is 0 Å². The van der Waals surface area contributed by atoms with E-state index in [1.807, 2.05) is 6.07 Å². The van der Waals surface area contributed by atoms with Crippen LogP contribution in [0.5, 0.6) is 0 Å². The molecule has 0 aliphatic heterocycles. The third-order valence-corrected chi connectivity index (χ3v) is 2.33. The maximum Gasteiger partial charge on any atom is 0.230 e. The summed E-state index contributed by atoms with van der Waals surface area (Å²) in [6, 6.07) is 5.35. The highest BCUT2D eigenvalue weighted by molar-refractivity contribution is 6.31. The smallest absolute Gasteiger partial charge is 0.230 e. The fourth-order valence-electron chi connectivity index (χ4n) is 1.39. The van der Waals surface area contributed by atoms with Gasteiger partial charge in [0, 0.05) is 17.3 Å². The van der Waals surface area contributed by atoms with Gasteiger partial charge in [0.25, 0.3) is 0 Å². The third-order valence-electron chi connectivity index (χ3n) is 2.10. The average molecular weight is 220 g/mol. The van der Waals surface area contributed by atoms with Crippen molar-refractivity contribution in [3.8, 4) is 11.5 Å². The van der Waals surface area contributed by atoms with Crippen LogP contribution in [0.15, 0.2) is 35.0 Å². The van der Waals surface area contributed by atoms with Crippen LogP contribution in [0.3, 0.4) is 0 Å². The van der Waals surface area contributed by atoms with E-state index in [4.69, 9.17) is 16.0 Å². The molecule has 0 saturated carbocycles. The number of H-pyrrole nitrogens is 1. The van der Waals surface area contributed by atoms with E-state index in [2.05, 4.69) is 15.2 Å². The van der Waals surface area contributed by atoms with Crippen molar-refractivity contribution in [2.45, 2.75) is 0 Å². The number of nitrogens with zero attached hydrogens (tertiary/aromatic N) is 2. The highest BCUT2D eigenvalue weighted by Gasteiger charge is 2.08. The molecule has 0 bridgehead atoms. The second-order valence-corrected chi connectivity index (χ2v) is 3.55. The van der Waals surface area contributed by atoms with Crippen LogP contribution in [-0.4, -0.2) is 15.2 Å². The lowest BCUT2D eigenvalue weighted by Crippen LogP contribution is -1.70. The van der Waals surface area contributed by atoms with Gasteiger partial charge in [0.2, 0.25) is 5.89 Å². The van der Waals surface area contributed by atoms with Gasteiger partial charge in [-0.25, -0.2) is 4.98 Å². The molecule has 0 atom stereocenters. The minimum atomic E-state index is 0.543. The van der Waals surface area contributed by atoms with Crippen LogP contribution < -0.4 is 0 Å². The Morgan fingerprint density at radius 1 is 1.33 bits per heavy atom. The van der Waals surface area contributed by atoms with E-state index in [1.54, 1.807) is 24.5 Å². The number of nitrogens with one attached hydrogen (secondary N) is 1. The van der Waals surface area contributed by atoms with E-state index in [-0.39, 0.29) is 0 Å². The summed E-state index contributed by atoms with van der Waals surface area (Å²) in [5.41, 5.74) is 2.29. The number of halogens is 1. The van der Waals surface area contributed by atoms with Crippen molar-refractivity contribution in [1.29, 1.82) is 0 Å². The number of oxazole rings is 1. The molecular formula is C10H6ClN3O. The molecule has 0 radical (unpaired) electrons. The first kappa shape index (κ1) is 8.49. The summed E-state index contributed by atoms with van der Waals surface area (Å²) in [6.45, 7) is 0. The van der Waals surface area contributed by atoms with E-state index >= 15 is 0 Å². The Morgan fingerprint density at radius 3 is 3.07 bits per heavy atom. The molecule has 0 aliphatic carbocycles. The second-order valence-electron chi connectivity index (χ2n) is 3.12. The summed E-state index contributed by atoms with van der Waals surface area (Å²) in [5, 5.41) is 7.18. The Bertz CT molecular complexity index is 600. The van der Waals surface area contributed by atoms with Gasteiger partial charge < -0.3 is 4.42 Å². The van der Waals surface area contributed by atoms with Crippen molar-refractivity contribution in [3.05, 3.63) is 35.6 Å². The summed E-state index contributed by atoms with van der Waals surface area (Å²) in [5.74, 6) is 0.543. The van der Waals surface area contributed by atoms with Crippen molar-refractivity contribution in [2.24, 2.45) is 0 Å². The van der Waals surface area contributed by atoms with Crippen molar-refractivity contribution in [1.82, 2.24) is 15.2 Å². The predicted octanol–water partition coefficient (Wildman–Crippen LogP) is 2.87. The summed E-state index contributed by atoms with van der Waals surface area (Å²) < 4.78 is 5.54. The quantitative estimate of drug-likeness (QED) is 0.685. The zero-order valence-corrected chi connectivity index (χ0v) is 8.32. The van der Waals surface area contributed by atoms with Gasteiger partial charge >= 0.3 is 0 Å². The SMILES string of the molecule is Clc1ccc2nc(-c3cn[nH]c3)oc2c1. The van der Waals surface area contributed by atoms with Gasteiger partial charge in [0.05, 0.1) is 11.8 Å². The summed E-state index contributed by atoms with van der Waals surface area (Å²) >= 11 is 5.85. The topological polar surface area (TPSA) is 54.7 Å². The maximum absolute atomic E-state index is 5.85. The van der Waals surface area contributed by atoms with Crippen molar-refractivity contribution >= 4 is 22.7 Å². The molecule has 0 aliphatic rings. The van der Waals surface area contributed by atoms with Crippen LogP contribution >= 0.6 is 11.6 Å². The summed E-state index contributed by atoms with van der Waals surface area (Å²) in [7, 11) is 0. The van der Waals surface area contributed by atoms with Crippen LogP contribution in [0.25, 0.3) is 22.6 Å². The Hall–Kier alpha value is -1.81. The van der Waals surface area contributed by atoms with Gasteiger partial charge in [-0.1, -0.05) is 11.6 Å². The number of hydrogen-bond acceptors (Lipinski definition) is 3. The van der Waals surface area contributed by atoms with Gasteiger partial charge in [0.15, 0.2) is 5.58 Å². The molecule has 2 aromatic heterocycles. The van der Waals surface area contributed by atoms with Crippen molar-refractivity contribution in [2.75, 3.05) is 0 Å². The number of fused-ring (bicyclic) bond motifs is 1. The molecule has 1 aromatic carbocycles. The molecule has 4 nitrogen and oxygen atoms in total. The second kappa shape index (κ2) is 3.10. The molecule has 0 amide bonds. The Kier molecular flexibility index (Phi) is 1.76. The van der Waals surface area contributed by atoms with Gasteiger partial charge in [-0.15, -0.1) is 0 Å². The van der Waals surface area contributed by atoms with E-state index in [1.165, 1.54) is 0 Å². The third kappa shape index (κ3) is 1.39. The molecule has 1 N–H and O–H groups in total. The first-order chi connectivity index (χ1) is 7.33. The van der Waals surface area contributed by atoms with E-state index < -0.39 is 0 Å². The lowest BCUT2D eigenvalue weighted by molar-refractivity contribution is 0.620. The molecule has 0 fully saturated rings. The molecule has 2 heterocycles. The molecular weight excluding hydrogens is 214 g/mol. The first-order valence-electron chi connectivity index (χ1n) is 4.38. The van der Waals surface area contributed by atoms with Crippen LogP contribution in [-0.2, 0) is 0 Å². The normalized spacial score (nSPS) is 11.0. The summed E-state index contributed by atoms with van der Waals surface area (Å²) in [4.78, 5) is 4.31. The Balaban J connectivity index is 2.22. The Morgan fingerprint density at radius 2 is 2.27 bits per heavy atom. The number of rotatable bonds is 1. The Labute approximate surface area is 89.9 Å². The van der Waals surface area contributed by atoms with Gasteiger partial charge in [-0.3, -0.25) is 5.10 Å². The molecule has 3 rings (SSSR count). The van der Waals surface area contributed by atoms with Crippen molar-refractivity contribution in [3.63, 3.8) is 0 Å². The zero-order chi connectivity index (χ0) is 10.3. The number of aromatic amines is 1. The monoisotopic (exact) mass is 219 g/mol. The predicted molar refractivity (Wildman–Crippen MR) is 56.6 cm³/mol.